The van der Waals surface area contributed by atoms with Gasteiger partial charge < -0.3 is 14.4 Å². The highest BCUT2D eigenvalue weighted by Gasteiger charge is 2.60. The van der Waals surface area contributed by atoms with E-state index in [-0.39, 0.29) is 0 Å². The fourth-order valence-corrected chi connectivity index (χ4v) is 4.24. The molecular formula is C22H24N2O6. The number of esters is 1. The molecule has 0 aliphatic carbocycles. The van der Waals surface area contributed by atoms with Gasteiger partial charge in [0.05, 0.1) is 20.1 Å². The van der Waals surface area contributed by atoms with E-state index in [1.807, 2.05) is 19.1 Å². The van der Waals surface area contributed by atoms with Crippen LogP contribution in [0.1, 0.15) is 35.6 Å². The summed E-state index contributed by atoms with van der Waals surface area (Å²) >= 11 is 0. The van der Waals surface area contributed by atoms with Crippen LogP contribution < -0.4 is 4.74 Å². The molecule has 2 aromatic rings. The minimum atomic E-state index is -1.23. The van der Waals surface area contributed by atoms with Crippen molar-refractivity contribution in [1.29, 1.82) is 0 Å². The maximum Gasteiger partial charge on any atom is 0.329 e. The van der Waals surface area contributed by atoms with Gasteiger partial charge >= 0.3 is 5.97 Å². The number of hydrogen-bond acceptors (Lipinski definition) is 6. The summed E-state index contributed by atoms with van der Waals surface area (Å²) in [5, 5.41) is 12.3. The number of likely N-dealkylation sites (tertiary alicyclic amines) is 1. The number of aryl methyl sites for hydroxylation is 1. The number of methoxy groups -OCH3 is 2. The maximum absolute atomic E-state index is 12.8. The molecular weight excluding hydrogens is 388 g/mol. The lowest BCUT2D eigenvalue weighted by Gasteiger charge is -2.28. The average molecular weight is 412 g/mol. The Hall–Kier alpha value is -3.42. The van der Waals surface area contributed by atoms with Crippen LogP contribution in [0, 0.1) is 17.0 Å². The fourth-order valence-electron chi connectivity index (χ4n) is 4.24. The Bertz CT molecular complexity index is 941. The van der Waals surface area contributed by atoms with E-state index in [1.165, 1.54) is 26.0 Å². The molecule has 1 heterocycles. The van der Waals surface area contributed by atoms with Crippen LogP contribution in [-0.4, -0.2) is 48.0 Å². The predicted molar refractivity (Wildman–Crippen MR) is 109 cm³/mol. The van der Waals surface area contributed by atoms with Gasteiger partial charge in [-0.25, -0.2) is 4.79 Å². The second-order valence-corrected chi connectivity index (χ2v) is 7.32. The minimum absolute atomic E-state index is 0.404. The average Bonchev–Trinajstić information content (AvgIpc) is 3.10. The molecule has 0 spiro atoms. The van der Waals surface area contributed by atoms with Gasteiger partial charge in [0.2, 0.25) is 11.9 Å². The molecule has 0 N–H and O–H groups in total. The monoisotopic (exact) mass is 412 g/mol. The Morgan fingerprint density at radius 2 is 1.57 bits per heavy atom. The van der Waals surface area contributed by atoms with Crippen molar-refractivity contribution in [3.8, 4) is 5.75 Å². The molecule has 8 nitrogen and oxygen atoms in total. The highest BCUT2D eigenvalue weighted by atomic mass is 16.6. The van der Waals surface area contributed by atoms with E-state index in [0.717, 1.165) is 5.56 Å². The van der Waals surface area contributed by atoms with Crippen LogP contribution in [-0.2, 0) is 14.3 Å². The standard InChI is InChI=1S/C22H24N2O6/c1-13-5-7-16(8-6-13)19-20(24(27)28)18(15-9-11-17(29-3)12-10-15)21(22(26)30-4)23(19)14(2)25/h5-12,18-21H,1-4H3/t18-,19+,20-,21+/m1/s1. The number of nitro groups is 1. The number of ether oxygens (including phenoxy) is 2. The van der Waals surface area contributed by atoms with E-state index in [1.54, 1.807) is 36.4 Å². The third kappa shape index (κ3) is 3.72. The van der Waals surface area contributed by atoms with Gasteiger partial charge in [-0.2, -0.15) is 0 Å². The molecule has 8 heteroatoms. The zero-order valence-corrected chi connectivity index (χ0v) is 17.3. The van der Waals surface area contributed by atoms with Gasteiger partial charge in [0.1, 0.15) is 17.8 Å². The second-order valence-electron chi connectivity index (χ2n) is 7.32. The normalized spacial score (nSPS) is 23.1. The van der Waals surface area contributed by atoms with Crippen LogP contribution in [0.3, 0.4) is 0 Å². The smallest absolute Gasteiger partial charge is 0.329 e. The molecule has 4 atom stereocenters. The van der Waals surface area contributed by atoms with Crippen LogP contribution in [0.5, 0.6) is 5.75 Å². The summed E-state index contributed by atoms with van der Waals surface area (Å²) in [5.41, 5.74) is 2.15. The third-order valence-electron chi connectivity index (χ3n) is 5.60. The Morgan fingerprint density at radius 1 is 1.00 bits per heavy atom. The molecule has 30 heavy (non-hydrogen) atoms. The first-order valence-electron chi connectivity index (χ1n) is 9.51. The highest BCUT2D eigenvalue weighted by molar-refractivity contribution is 5.86. The first-order chi connectivity index (χ1) is 14.3. The van der Waals surface area contributed by atoms with Crippen LogP contribution in [0.4, 0.5) is 0 Å². The van der Waals surface area contributed by atoms with Crippen LogP contribution in [0.15, 0.2) is 48.5 Å². The second kappa shape index (κ2) is 8.52. The van der Waals surface area contributed by atoms with Crippen molar-refractivity contribution in [3.05, 3.63) is 75.3 Å². The Kier molecular flexibility index (Phi) is 6.05. The zero-order chi connectivity index (χ0) is 22.0. The predicted octanol–water partition coefficient (Wildman–Crippen LogP) is 2.88. The number of nitrogens with zero attached hydrogens (tertiary/aromatic N) is 2. The number of carbonyl (C=O) groups excluding carboxylic acids is 2. The summed E-state index contributed by atoms with van der Waals surface area (Å²) in [6, 6.07) is 10.7. The van der Waals surface area contributed by atoms with E-state index in [2.05, 4.69) is 0 Å². The Balaban J connectivity index is 2.22. The van der Waals surface area contributed by atoms with Gasteiger partial charge in [-0.1, -0.05) is 42.0 Å². The van der Waals surface area contributed by atoms with Gasteiger partial charge in [0, 0.05) is 11.8 Å². The highest BCUT2D eigenvalue weighted by Crippen LogP contribution is 2.47. The third-order valence-corrected chi connectivity index (χ3v) is 5.60. The topological polar surface area (TPSA) is 99.0 Å². The minimum Gasteiger partial charge on any atom is -0.497 e. The Morgan fingerprint density at radius 3 is 2.03 bits per heavy atom. The zero-order valence-electron chi connectivity index (χ0n) is 17.3. The molecule has 1 amide bonds. The molecule has 0 radical (unpaired) electrons. The number of carbonyl (C=O) groups is 2. The van der Waals surface area contributed by atoms with Crippen LogP contribution >= 0.6 is 0 Å². The molecule has 1 saturated heterocycles. The molecule has 1 aliphatic rings. The molecule has 3 rings (SSSR count). The van der Waals surface area contributed by atoms with Crippen molar-refractivity contribution in [2.24, 2.45) is 0 Å². The molecule has 0 aromatic heterocycles. The van der Waals surface area contributed by atoms with Gasteiger partial charge in [0.15, 0.2) is 0 Å². The van der Waals surface area contributed by atoms with Crippen molar-refractivity contribution in [2.45, 2.75) is 37.9 Å². The van der Waals surface area contributed by atoms with Crippen LogP contribution in [0.2, 0.25) is 0 Å². The van der Waals surface area contributed by atoms with Gasteiger partial charge in [-0.05, 0) is 30.2 Å². The number of hydrogen-bond donors (Lipinski definition) is 0. The molecule has 158 valence electrons. The summed E-state index contributed by atoms with van der Waals surface area (Å²) in [5.74, 6) is -1.41. The fraction of sp³-hybridized carbons (Fsp3) is 0.364. The molecule has 0 saturated carbocycles. The Labute approximate surface area is 174 Å². The molecule has 0 bridgehead atoms. The summed E-state index contributed by atoms with van der Waals surface area (Å²) in [4.78, 5) is 38.6. The summed E-state index contributed by atoms with van der Waals surface area (Å²) < 4.78 is 10.1. The number of rotatable bonds is 5. The van der Waals surface area contributed by atoms with Gasteiger partial charge in [0.25, 0.3) is 0 Å². The van der Waals surface area contributed by atoms with E-state index in [9.17, 15) is 19.7 Å². The first kappa shape index (κ1) is 21.3. The van der Waals surface area contributed by atoms with Gasteiger partial charge in [-0.3, -0.25) is 14.9 Å². The van der Waals surface area contributed by atoms with Crippen molar-refractivity contribution in [1.82, 2.24) is 4.90 Å². The maximum atomic E-state index is 12.8. The molecule has 1 aliphatic heterocycles. The van der Waals surface area contributed by atoms with Crippen molar-refractivity contribution >= 4 is 11.9 Å². The van der Waals surface area contributed by atoms with E-state index < -0.39 is 40.8 Å². The first-order valence-corrected chi connectivity index (χ1v) is 9.51. The number of benzene rings is 2. The molecule has 0 unspecified atom stereocenters. The lowest BCUT2D eigenvalue weighted by molar-refractivity contribution is -0.528. The summed E-state index contributed by atoms with van der Waals surface area (Å²) in [7, 11) is 2.73. The van der Waals surface area contributed by atoms with Crippen molar-refractivity contribution < 1.29 is 24.0 Å². The van der Waals surface area contributed by atoms with Crippen molar-refractivity contribution in [2.75, 3.05) is 14.2 Å². The van der Waals surface area contributed by atoms with E-state index >= 15 is 0 Å². The quantitative estimate of drug-likeness (QED) is 0.425. The van der Waals surface area contributed by atoms with Gasteiger partial charge in [-0.15, -0.1) is 0 Å². The summed E-state index contributed by atoms with van der Waals surface area (Å²) in [6.07, 6.45) is 0. The number of amides is 1. The summed E-state index contributed by atoms with van der Waals surface area (Å²) in [6.45, 7) is 3.22. The van der Waals surface area contributed by atoms with Crippen molar-refractivity contribution in [3.63, 3.8) is 0 Å². The SMILES string of the molecule is COC(=O)[C@@H]1[C@H](c2ccc(OC)cc2)[C@@H]([N+](=O)[O-])[C@H](c2ccc(C)cc2)N1C(C)=O. The molecule has 2 aromatic carbocycles. The van der Waals surface area contributed by atoms with Crippen LogP contribution in [0.25, 0.3) is 0 Å². The largest absolute Gasteiger partial charge is 0.497 e. The lowest BCUT2D eigenvalue weighted by Crippen LogP contribution is -2.43. The van der Waals surface area contributed by atoms with E-state index in [4.69, 9.17) is 9.47 Å². The molecule has 1 fully saturated rings. The van der Waals surface area contributed by atoms with E-state index in [0.29, 0.717) is 16.9 Å². The lowest BCUT2D eigenvalue weighted by atomic mass is 9.85.